The van der Waals surface area contributed by atoms with Gasteiger partial charge in [0.1, 0.15) is 0 Å². The van der Waals surface area contributed by atoms with E-state index in [0.29, 0.717) is 11.3 Å². The summed E-state index contributed by atoms with van der Waals surface area (Å²) in [7, 11) is 0. The molecule has 5 N–H and O–H groups in total. The molecule has 2 amide bonds. The lowest BCUT2D eigenvalue weighted by Crippen LogP contribution is -2.33. The number of anilines is 1. The van der Waals surface area contributed by atoms with Crippen LogP contribution < -0.4 is 16.4 Å². The molecule has 108 valence electrons. The number of aromatic carboxylic acids is 1. The lowest BCUT2D eigenvalue weighted by Gasteiger charge is -2.11. The van der Waals surface area contributed by atoms with Crippen molar-refractivity contribution in [3.63, 3.8) is 0 Å². The Morgan fingerprint density at radius 3 is 2.55 bits per heavy atom. The van der Waals surface area contributed by atoms with E-state index in [1.54, 1.807) is 0 Å². The van der Waals surface area contributed by atoms with E-state index in [2.05, 4.69) is 10.6 Å². The van der Waals surface area contributed by atoms with Crippen LogP contribution in [0.2, 0.25) is 0 Å². The largest absolute Gasteiger partial charge is 0.478 e. The number of carbonyl (C=O) groups is 2. The minimum absolute atomic E-state index is 0.187. The van der Waals surface area contributed by atoms with Crippen molar-refractivity contribution in [1.82, 2.24) is 5.32 Å². The van der Waals surface area contributed by atoms with Gasteiger partial charge in [0.05, 0.1) is 10.5 Å². The van der Waals surface area contributed by atoms with Crippen molar-refractivity contribution in [1.29, 1.82) is 0 Å². The van der Waals surface area contributed by atoms with E-state index in [1.165, 1.54) is 13.0 Å². The normalized spacial score (nSPS) is 9.85. The molecule has 0 aliphatic rings. The second kappa shape index (κ2) is 6.36. The Balaban J connectivity index is 2.96. The topological polar surface area (TPSA) is 148 Å². The molecule has 0 unspecified atom stereocenters. The molecule has 1 aromatic carbocycles. The number of carboxylic acids is 1. The SMILES string of the molecule is Cc1c(NCCNC(N)=O)cc(C(=O)O)cc1[N+](=O)[O-]. The zero-order chi connectivity index (χ0) is 15.3. The molecule has 0 fully saturated rings. The molecule has 0 aliphatic carbocycles. The van der Waals surface area contributed by atoms with Crippen LogP contribution in [0.25, 0.3) is 0 Å². The fourth-order valence-corrected chi connectivity index (χ4v) is 1.58. The van der Waals surface area contributed by atoms with Gasteiger partial charge in [-0.15, -0.1) is 0 Å². The molecule has 0 aliphatic heterocycles. The number of nitro groups is 1. The minimum atomic E-state index is -1.26. The number of hydrogen-bond acceptors (Lipinski definition) is 5. The predicted molar refractivity (Wildman–Crippen MR) is 70.9 cm³/mol. The quantitative estimate of drug-likeness (QED) is 0.342. The van der Waals surface area contributed by atoms with E-state index in [9.17, 15) is 19.7 Å². The van der Waals surface area contributed by atoms with Gasteiger partial charge in [-0.05, 0) is 13.0 Å². The zero-order valence-corrected chi connectivity index (χ0v) is 10.7. The second-order valence-corrected chi connectivity index (χ2v) is 3.95. The Morgan fingerprint density at radius 1 is 1.40 bits per heavy atom. The Labute approximate surface area is 113 Å². The molecule has 0 spiro atoms. The van der Waals surface area contributed by atoms with E-state index in [4.69, 9.17) is 10.8 Å². The molecular formula is C11H14N4O5. The van der Waals surface area contributed by atoms with Crippen LogP contribution in [0.3, 0.4) is 0 Å². The lowest BCUT2D eigenvalue weighted by molar-refractivity contribution is -0.385. The first-order valence-corrected chi connectivity index (χ1v) is 5.62. The number of amides is 2. The first-order chi connectivity index (χ1) is 9.32. The number of nitrogens with zero attached hydrogens (tertiary/aromatic N) is 1. The van der Waals surface area contributed by atoms with E-state index < -0.39 is 16.9 Å². The van der Waals surface area contributed by atoms with E-state index in [-0.39, 0.29) is 24.3 Å². The third kappa shape index (κ3) is 3.83. The number of nitrogens with two attached hydrogens (primary N) is 1. The molecule has 1 aromatic rings. The average molecular weight is 282 g/mol. The molecule has 0 aromatic heterocycles. The Kier molecular flexibility index (Phi) is 4.84. The van der Waals surface area contributed by atoms with Gasteiger partial charge in [0.15, 0.2) is 0 Å². The van der Waals surface area contributed by atoms with Crippen LogP contribution in [0.4, 0.5) is 16.2 Å². The van der Waals surface area contributed by atoms with Crippen molar-refractivity contribution in [2.75, 3.05) is 18.4 Å². The van der Waals surface area contributed by atoms with Crippen molar-refractivity contribution >= 4 is 23.4 Å². The molecule has 0 saturated carbocycles. The van der Waals surface area contributed by atoms with E-state index in [1.807, 2.05) is 0 Å². The van der Waals surface area contributed by atoms with Gasteiger partial charge in [-0.1, -0.05) is 0 Å². The highest BCUT2D eigenvalue weighted by Crippen LogP contribution is 2.27. The summed E-state index contributed by atoms with van der Waals surface area (Å²) < 4.78 is 0. The number of benzene rings is 1. The maximum Gasteiger partial charge on any atom is 0.336 e. The number of nitrogens with one attached hydrogen (secondary N) is 2. The molecule has 1 rings (SSSR count). The predicted octanol–water partition coefficient (Wildman–Crippen LogP) is 0.682. The molecule has 0 bridgehead atoms. The van der Waals surface area contributed by atoms with Crippen LogP contribution in [-0.2, 0) is 0 Å². The molecule has 9 heteroatoms. The van der Waals surface area contributed by atoms with Gasteiger partial charge in [0.25, 0.3) is 5.69 Å². The summed E-state index contributed by atoms with van der Waals surface area (Å²) in [5.41, 5.74) is 5.06. The van der Waals surface area contributed by atoms with Crippen molar-refractivity contribution < 1.29 is 19.6 Å². The van der Waals surface area contributed by atoms with Gasteiger partial charge in [0.2, 0.25) is 0 Å². The number of urea groups is 1. The number of nitro benzene ring substituents is 1. The van der Waals surface area contributed by atoms with Crippen molar-refractivity contribution in [2.24, 2.45) is 5.73 Å². The molecule has 0 saturated heterocycles. The number of hydrogen-bond donors (Lipinski definition) is 4. The van der Waals surface area contributed by atoms with Crippen LogP contribution in [0.5, 0.6) is 0 Å². The highest BCUT2D eigenvalue weighted by Gasteiger charge is 2.18. The van der Waals surface area contributed by atoms with Crippen LogP contribution >= 0.6 is 0 Å². The number of carboxylic acid groups (broad SMARTS) is 1. The van der Waals surface area contributed by atoms with Crippen molar-refractivity contribution in [2.45, 2.75) is 6.92 Å². The highest BCUT2D eigenvalue weighted by molar-refractivity contribution is 5.90. The monoisotopic (exact) mass is 282 g/mol. The minimum Gasteiger partial charge on any atom is -0.478 e. The summed E-state index contributed by atoms with van der Waals surface area (Å²) in [5.74, 6) is -1.26. The van der Waals surface area contributed by atoms with Gasteiger partial charge in [-0.2, -0.15) is 0 Å². The molecule has 0 radical (unpaired) electrons. The first-order valence-electron chi connectivity index (χ1n) is 5.62. The summed E-state index contributed by atoms with van der Waals surface area (Å²) in [5, 5.41) is 25.0. The smallest absolute Gasteiger partial charge is 0.336 e. The summed E-state index contributed by atoms with van der Waals surface area (Å²) >= 11 is 0. The van der Waals surface area contributed by atoms with Gasteiger partial charge >= 0.3 is 12.0 Å². The van der Waals surface area contributed by atoms with Crippen LogP contribution in [-0.4, -0.2) is 35.1 Å². The molecule has 0 heterocycles. The van der Waals surface area contributed by atoms with Gasteiger partial charge in [0, 0.05) is 30.4 Å². The molecule has 9 nitrogen and oxygen atoms in total. The third-order valence-electron chi connectivity index (χ3n) is 2.56. The Hall–Kier alpha value is -2.84. The first kappa shape index (κ1) is 15.2. The lowest BCUT2D eigenvalue weighted by atomic mass is 10.1. The van der Waals surface area contributed by atoms with Crippen LogP contribution in [0.15, 0.2) is 12.1 Å². The molecule has 0 atom stereocenters. The summed E-state index contributed by atoms with van der Waals surface area (Å²) in [4.78, 5) is 31.7. The molecular weight excluding hydrogens is 268 g/mol. The standard InChI is InChI=1S/C11H14N4O5/c1-6-8(13-2-3-14-11(12)18)4-7(10(16)17)5-9(6)15(19)20/h4-5,13H,2-3H2,1H3,(H,16,17)(H3,12,14,18). The molecule has 20 heavy (non-hydrogen) atoms. The van der Waals surface area contributed by atoms with Crippen LogP contribution in [0.1, 0.15) is 15.9 Å². The maximum atomic E-state index is 10.9. The van der Waals surface area contributed by atoms with Gasteiger partial charge in [-0.3, -0.25) is 10.1 Å². The number of carbonyl (C=O) groups excluding carboxylic acids is 1. The Bertz CT molecular complexity index is 558. The third-order valence-corrected chi connectivity index (χ3v) is 2.56. The Morgan fingerprint density at radius 2 is 2.05 bits per heavy atom. The fourth-order valence-electron chi connectivity index (χ4n) is 1.58. The summed E-state index contributed by atoms with van der Waals surface area (Å²) in [6.07, 6.45) is 0. The van der Waals surface area contributed by atoms with E-state index >= 15 is 0 Å². The number of rotatable bonds is 6. The fraction of sp³-hybridized carbons (Fsp3) is 0.273. The zero-order valence-electron chi connectivity index (χ0n) is 10.7. The highest BCUT2D eigenvalue weighted by atomic mass is 16.6. The average Bonchev–Trinajstić information content (AvgIpc) is 2.35. The number of primary amides is 1. The van der Waals surface area contributed by atoms with Gasteiger partial charge < -0.3 is 21.5 Å². The summed E-state index contributed by atoms with van der Waals surface area (Å²) in [6.45, 7) is 1.97. The summed E-state index contributed by atoms with van der Waals surface area (Å²) in [6, 6.07) is 1.62. The second-order valence-electron chi connectivity index (χ2n) is 3.95. The van der Waals surface area contributed by atoms with Crippen molar-refractivity contribution in [3.8, 4) is 0 Å². The van der Waals surface area contributed by atoms with Crippen molar-refractivity contribution in [3.05, 3.63) is 33.4 Å². The van der Waals surface area contributed by atoms with Crippen LogP contribution in [0, 0.1) is 17.0 Å². The van der Waals surface area contributed by atoms with E-state index in [0.717, 1.165) is 6.07 Å². The van der Waals surface area contributed by atoms with Gasteiger partial charge in [-0.25, -0.2) is 9.59 Å². The maximum absolute atomic E-state index is 10.9.